The van der Waals surface area contributed by atoms with Gasteiger partial charge in [-0.05, 0) is 0 Å². The van der Waals surface area contributed by atoms with E-state index in [1.165, 1.54) is 22.3 Å². The Morgan fingerprint density at radius 1 is 0.909 bits per heavy atom. The first-order valence-electron chi connectivity index (χ1n) is 6.94. The predicted octanol–water partition coefficient (Wildman–Crippen LogP) is -3.10. The second-order valence-electron chi connectivity index (χ2n) is 5.54. The molecule has 0 aromatic carbocycles. The van der Waals surface area contributed by atoms with Gasteiger partial charge in [0.1, 0.15) is 0 Å². The Morgan fingerprint density at radius 3 is 1.59 bits per heavy atom. The summed E-state index contributed by atoms with van der Waals surface area (Å²) in [6, 6.07) is 0. The van der Waals surface area contributed by atoms with Crippen LogP contribution in [0.2, 0.25) is 0 Å². The molecule has 2 N–H and O–H groups in total. The van der Waals surface area contributed by atoms with Crippen molar-refractivity contribution in [3.05, 3.63) is 46.6 Å². The van der Waals surface area contributed by atoms with Crippen molar-refractivity contribution in [2.24, 2.45) is 5.41 Å². The maximum absolute atomic E-state index is 9.16. The van der Waals surface area contributed by atoms with Crippen LogP contribution in [0.3, 0.4) is 0 Å². The van der Waals surface area contributed by atoms with Gasteiger partial charge >= 0.3 is 26.2 Å². The first-order valence-corrected chi connectivity index (χ1v) is 6.94. The Hall–Kier alpha value is 0.343. The fraction of sp³-hybridized carbons (Fsp3) is 0.529. The molecule has 0 aliphatic heterocycles. The van der Waals surface area contributed by atoms with Gasteiger partial charge in [0.25, 0.3) is 0 Å². The van der Waals surface area contributed by atoms with Gasteiger partial charge in [0.05, 0.1) is 0 Å². The first kappa shape index (κ1) is 24.6. The van der Waals surface area contributed by atoms with Gasteiger partial charge in [0, 0.05) is 13.2 Å². The first-order chi connectivity index (χ1) is 9.11. The van der Waals surface area contributed by atoms with E-state index < -0.39 is 0 Å². The molecule has 0 unspecified atom stereocenters. The van der Waals surface area contributed by atoms with E-state index in [1.54, 1.807) is 0 Å². The number of rotatable bonds is 6. The molecule has 120 valence electrons. The van der Waals surface area contributed by atoms with Gasteiger partial charge < -0.3 is 35.0 Å². The Labute approximate surface area is 165 Å². The van der Waals surface area contributed by atoms with Crippen LogP contribution in [0.4, 0.5) is 0 Å². The molecular weight excluding hydrogens is 398 g/mol. The number of aliphatic hydroxyl groups is 2. The molecule has 22 heavy (non-hydrogen) atoms. The fourth-order valence-corrected chi connectivity index (χ4v) is 3.05. The van der Waals surface area contributed by atoms with Crippen molar-refractivity contribution in [1.29, 1.82) is 0 Å². The van der Waals surface area contributed by atoms with Gasteiger partial charge in [-0.15, -0.1) is 12.8 Å². The van der Waals surface area contributed by atoms with Crippen molar-refractivity contribution >= 4 is 0 Å². The molecule has 0 aromatic heterocycles. The van der Waals surface area contributed by atoms with Gasteiger partial charge in [0.15, 0.2) is 0 Å². The molecule has 0 atom stereocenters. The average molecular weight is 420 g/mol. The molecule has 0 radical (unpaired) electrons. The molecule has 0 aromatic rings. The molecule has 0 bridgehead atoms. The van der Waals surface area contributed by atoms with E-state index in [-0.39, 0.29) is 69.6 Å². The number of aliphatic hydroxyl groups excluding tert-OH is 2. The maximum Gasteiger partial charge on any atom is 4.00 e. The smallest absolute Gasteiger partial charge is 1.00 e. The van der Waals surface area contributed by atoms with Crippen LogP contribution in [0.5, 0.6) is 0 Å². The molecular formula is C17H22Cl2O2Zr. The van der Waals surface area contributed by atoms with Crippen LogP contribution < -0.4 is 24.8 Å². The minimum absolute atomic E-state index is 0. The Morgan fingerprint density at radius 2 is 1.27 bits per heavy atom. The second-order valence-corrected chi connectivity index (χ2v) is 5.54. The standard InChI is InChI=1S/C17H22O2.2ClH.Zr/c1-17(2,15-7-3-5-13(15)9-11-18)16-8-4-6-14(16)10-12-19;;;/h5-6,18-19H,3-4,9-12H2,1-2H3;2*1H;/q-2;;;+4/p-2. The molecule has 2 aliphatic carbocycles. The Balaban J connectivity index is 0. The summed E-state index contributed by atoms with van der Waals surface area (Å²) in [5.74, 6) is 0. The summed E-state index contributed by atoms with van der Waals surface area (Å²) in [5, 5.41) is 18.3. The molecule has 0 heterocycles. The van der Waals surface area contributed by atoms with Crippen LogP contribution in [-0.4, -0.2) is 23.4 Å². The van der Waals surface area contributed by atoms with Gasteiger partial charge in [-0.1, -0.05) is 32.1 Å². The molecule has 0 amide bonds. The van der Waals surface area contributed by atoms with Crippen molar-refractivity contribution in [2.75, 3.05) is 13.2 Å². The SMILES string of the molecule is CC(C)(C1=[C-]CC=C1CCO)C1=[C-]CC=C1CCO.[Cl-].[Cl-].[Zr+4]. The fourth-order valence-electron chi connectivity index (χ4n) is 3.05. The van der Waals surface area contributed by atoms with Crippen molar-refractivity contribution in [2.45, 2.75) is 39.5 Å². The van der Waals surface area contributed by atoms with Gasteiger partial charge in [0.2, 0.25) is 0 Å². The van der Waals surface area contributed by atoms with Gasteiger partial charge in [-0.25, -0.2) is 11.1 Å². The Bertz CT molecular complexity index is 435. The molecule has 2 rings (SSSR count). The number of hydrogen-bond donors (Lipinski definition) is 2. The summed E-state index contributed by atoms with van der Waals surface area (Å²) >= 11 is 0. The second kappa shape index (κ2) is 11.0. The van der Waals surface area contributed by atoms with Crippen molar-refractivity contribution in [3.8, 4) is 0 Å². The van der Waals surface area contributed by atoms with Crippen LogP contribution >= 0.6 is 0 Å². The summed E-state index contributed by atoms with van der Waals surface area (Å²) in [6.07, 6.45) is 14.2. The van der Waals surface area contributed by atoms with Gasteiger partial charge in [-0.2, -0.15) is 23.3 Å². The normalized spacial score (nSPS) is 16.5. The Kier molecular flexibility index (Phi) is 12.3. The third-order valence-electron chi connectivity index (χ3n) is 3.91. The van der Waals surface area contributed by atoms with Crippen molar-refractivity contribution < 1.29 is 61.2 Å². The predicted molar refractivity (Wildman–Crippen MR) is 76.1 cm³/mol. The van der Waals surface area contributed by atoms with Crippen LogP contribution in [0.1, 0.15) is 39.5 Å². The zero-order valence-corrected chi connectivity index (χ0v) is 17.0. The minimum atomic E-state index is -0.144. The maximum atomic E-state index is 9.16. The van der Waals surface area contributed by atoms with Crippen LogP contribution in [0.25, 0.3) is 0 Å². The summed E-state index contributed by atoms with van der Waals surface area (Å²) in [5.41, 5.74) is 4.65. The van der Waals surface area contributed by atoms with E-state index >= 15 is 0 Å². The molecule has 0 spiro atoms. The quantitative estimate of drug-likeness (QED) is 0.447. The van der Waals surface area contributed by atoms with E-state index in [1.807, 2.05) is 0 Å². The van der Waals surface area contributed by atoms with Crippen molar-refractivity contribution in [1.82, 2.24) is 0 Å². The van der Waals surface area contributed by atoms with E-state index in [9.17, 15) is 0 Å². The third-order valence-corrected chi connectivity index (χ3v) is 3.91. The molecule has 0 saturated carbocycles. The number of allylic oxidation sites excluding steroid dienone is 6. The molecule has 0 fully saturated rings. The summed E-state index contributed by atoms with van der Waals surface area (Å²) in [4.78, 5) is 0. The van der Waals surface area contributed by atoms with Gasteiger partial charge in [-0.3, -0.25) is 12.2 Å². The largest absolute Gasteiger partial charge is 4.00 e. The monoisotopic (exact) mass is 418 g/mol. The summed E-state index contributed by atoms with van der Waals surface area (Å²) in [6.45, 7) is 4.72. The van der Waals surface area contributed by atoms with Crippen molar-refractivity contribution in [3.63, 3.8) is 0 Å². The molecule has 5 heteroatoms. The minimum Gasteiger partial charge on any atom is -1.00 e. The third kappa shape index (κ3) is 5.18. The molecule has 2 aliphatic rings. The molecule has 2 nitrogen and oxygen atoms in total. The average Bonchev–Trinajstić information content (AvgIpc) is 2.99. The van der Waals surface area contributed by atoms with Crippen LogP contribution in [0, 0.1) is 17.6 Å². The van der Waals surface area contributed by atoms with Crippen LogP contribution in [-0.2, 0) is 26.2 Å². The zero-order chi connectivity index (χ0) is 13.9. The van der Waals surface area contributed by atoms with E-state index in [0.29, 0.717) is 12.8 Å². The number of halogens is 2. The van der Waals surface area contributed by atoms with E-state index in [4.69, 9.17) is 10.2 Å². The van der Waals surface area contributed by atoms with E-state index in [0.717, 1.165) is 12.8 Å². The summed E-state index contributed by atoms with van der Waals surface area (Å²) < 4.78 is 0. The van der Waals surface area contributed by atoms with Crippen LogP contribution in [0.15, 0.2) is 34.4 Å². The zero-order valence-electron chi connectivity index (χ0n) is 13.0. The summed E-state index contributed by atoms with van der Waals surface area (Å²) in [7, 11) is 0. The topological polar surface area (TPSA) is 40.5 Å². The number of hydrogen-bond acceptors (Lipinski definition) is 2. The van der Waals surface area contributed by atoms with E-state index in [2.05, 4.69) is 38.2 Å². The molecule has 0 saturated heterocycles.